The summed E-state index contributed by atoms with van der Waals surface area (Å²) in [6.07, 6.45) is 7.61. The van der Waals surface area contributed by atoms with Crippen molar-refractivity contribution in [3.63, 3.8) is 0 Å². The Labute approximate surface area is 145 Å². The monoisotopic (exact) mass is 330 g/mol. The number of nitrogens with one attached hydrogen (secondary N) is 2. The lowest BCUT2D eigenvalue weighted by Gasteiger charge is -2.30. The fourth-order valence-corrected chi connectivity index (χ4v) is 3.75. The Morgan fingerprint density at radius 3 is 2.62 bits per heavy atom. The summed E-state index contributed by atoms with van der Waals surface area (Å²) in [5.41, 5.74) is 0.714. The van der Waals surface area contributed by atoms with Crippen LogP contribution in [0.1, 0.15) is 55.8 Å². The standard InChI is InChI=1S/C20H30N2O2/c1-15-13-21-12-11-19(15)22-20(23)17-7-9-18(10-8-17)24-14-16-5-3-2-4-6-16/h7-10,15-16,19,21H,2-6,11-14H2,1H3,(H,22,23). The zero-order valence-corrected chi connectivity index (χ0v) is 14.7. The van der Waals surface area contributed by atoms with Gasteiger partial charge in [0, 0.05) is 11.6 Å². The van der Waals surface area contributed by atoms with E-state index in [1.54, 1.807) is 0 Å². The molecule has 3 rings (SSSR count). The first kappa shape index (κ1) is 17.3. The summed E-state index contributed by atoms with van der Waals surface area (Å²) in [5.74, 6) is 2.06. The Morgan fingerprint density at radius 2 is 1.92 bits per heavy atom. The second kappa shape index (κ2) is 8.52. The van der Waals surface area contributed by atoms with Crippen LogP contribution in [0.2, 0.25) is 0 Å². The number of carbonyl (C=O) groups excluding carboxylic acids is 1. The van der Waals surface area contributed by atoms with Gasteiger partial charge in [0.1, 0.15) is 5.75 Å². The summed E-state index contributed by atoms with van der Waals surface area (Å²) in [4.78, 5) is 12.4. The molecule has 0 spiro atoms. The van der Waals surface area contributed by atoms with E-state index in [4.69, 9.17) is 4.74 Å². The fourth-order valence-electron chi connectivity index (χ4n) is 3.75. The molecule has 1 amide bonds. The van der Waals surface area contributed by atoms with Gasteiger partial charge in [0.2, 0.25) is 0 Å². The van der Waals surface area contributed by atoms with E-state index in [0.29, 0.717) is 17.4 Å². The van der Waals surface area contributed by atoms with E-state index in [9.17, 15) is 4.79 Å². The van der Waals surface area contributed by atoms with Crippen molar-refractivity contribution >= 4 is 5.91 Å². The van der Waals surface area contributed by atoms with Crippen molar-refractivity contribution < 1.29 is 9.53 Å². The van der Waals surface area contributed by atoms with E-state index in [-0.39, 0.29) is 11.9 Å². The van der Waals surface area contributed by atoms with E-state index in [1.165, 1.54) is 32.1 Å². The number of piperidine rings is 1. The summed E-state index contributed by atoms with van der Waals surface area (Å²) < 4.78 is 5.91. The lowest BCUT2D eigenvalue weighted by Crippen LogP contribution is -2.48. The molecule has 132 valence electrons. The van der Waals surface area contributed by atoms with Gasteiger partial charge in [-0.25, -0.2) is 0 Å². The Balaban J connectivity index is 1.48. The van der Waals surface area contributed by atoms with Gasteiger partial charge in [-0.15, -0.1) is 0 Å². The van der Waals surface area contributed by atoms with Crippen LogP contribution in [0.3, 0.4) is 0 Å². The lowest BCUT2D eigenvalue weighted by molar-refractivity contribution is 0.0914. The second-order valence-corrected chi connectivity index (χ2v) is 7.39. The molecular weight excluding hydrogens is 300 g/mol. The maximum absolute atomic E-state index is 12.4. The fraction of sp³-hybridized carbons (Fsp3) is 0.650. The van der Waals surface area contributed by atoms with Crippen molar-refractivity contribution in [3.8, 4) is 5.75 Å². The normalized spacial score (nSPS) is 25.2. The van der Waals surface area contributed by atoms with Crippen LogP contribution in [-0.4, -0.2) is 31.6 Å². The van der Waals surface area contributed by atoms with E-state index >= 15 is 0 Å². The largest absolute Gasteiger partial charge is 0.493 e. The molecular formula is C20H30N2O2. The van der Waals surface area contributed by atoms with Gasteiger partial charge in [-0.05, 0) is 68.5 Å². The van der Waals surface area contributed by atoms with Gasteiger partial charge in [-0.3, -0.25) is 4.79 Å². The first-order chi connectivity index (χ1) is 11.7. The van der Waals surface area contributed by atoms with Gasteiger partial charge in [0.05, 0.1) is 6.61 Å². The first-order valence-corrected chi connectivity index (χ1v) is 9.47. The van der Waals surface area contributed by atoms with Crippen LogP contribution in [0, 0.1) is 11.8 Å². The quantitative estimate of drug-likeness (QED) is 0.870. The molecule has 4 nitrogen and oxygen atoms in total. The summed E-state index contributed by atoms with van der Waals surface area (Å²) in [5, 5.41) is 6.53. The number of benzene rings is 1. The number of ether oxygens (including phenoxy) is 1. The van der Waals surface area contributed by atoms with Crippen molar-refractivity contribution in [1.29, 1.82) is 0 Å². The van der Waals surface area contributed by atoms with Crippen molar-refractivity contribution in [2.24, 2.45) is 11.8 Å². The molecule has 0 radical (unpaired) electrons. The zero-order valence-electron chi connectivity index (χ0n) is 14.7. The molecule has 1 aromatic rings. The molecule has 1 aliphatic carbocycles. The van der Waals surface area contributed by atoms with Crippen LogP contribution < -0.4 is 15.4 Å². The molecule has 2 aliphatic rings. The van der Waals surface area contributed by atoms with Gasteiger partial charge in [0.25, 0.3) is 5.91 Å². The SMILES string of the molecule is CC1CNCCC1NC(=O)c1ccc(OCC2CCCCC2)cc1. The van der Waals surface area contributed by atoms with Crippen LogP contribution >= 0.6 is 0 Å². The molecule has 1 aliphatic heterocycles. The van der Waals surface area contributed by atoms with Gasteiger partial charge >= 0.3 is 0 Å². The minimum absolute atomic E-state index is 0.0209. The maximum atomic E-state index is 12.4. The third-order valence-corrected chi connectivity index (χ3v) is 5.43. The Bertz CT molecular complexity index is 523. The molecule has 24 heavy (non-hydrogen) atoms. The highest BCUT2D eigenvalue weighted by Crippen LogP contribution is 2.24. The third-order valence-electron chi connectivity index (χ3n) is 5.43. The molecule has 2 N–H and O–H groups in total. The lowest BCUT2D eigenvalue weighted by atomic mass is 9.90. The Morgan fingerprint density at radius 1 is 1.17 bits per heavy atom. The van der Waals surface area contributed by atoms with E-state index in [0.717, 1.165) is 31.9 Å². The minimum atomic E-state index is 0.0209. The van der Waals surface area contributed by atoms with Crippen LogP contribution in [0.25, 0.3) is 0 Å². The van der Waals surface area contributed by atoms with Crippen LogP contribution in [0.4, 0.5) is 0 Å². The molecule has 2 unspecified atom stereocenters. The van der Waals surface area contributed by atoms with E-state index in [1.807, 2.05) is 24.3 Å². The topological polar surface area (TPSA) is 50.4 Å². The molecule has 1 heterocycles. The highest BCUT2D eigenvalue weighted by molar-refractivity contribution is 5.94. The van der Waals surface area contributed by atoms with Crippen LogP contribution in [0.15, 0.2) is 24.3 Å². The number of hydrogen-bond acceptors (Lipinski definition) is 3. The number of rotatable bonds is 5. The van der Waals surface area contributed by atoms with Crippen molar-refractivity contribution in [3.05, 3.63) is 29.8 Å². The predicted molar refractivity (Wildman–Crippen MR) is 96.4 cm³/mol. The molecule has 1 saturated heterocycles. The van der Waals surface area contributed by atoms with E-state index in [2.05, 4.69) is 17.6 Å². The highest BCUT2D eigenvalue weighted by Gasteiger charge is 2.23. The van der Waals surface area contributed by atoms with Gasteiger partial charge in [-0.1, -0.05) is 26.2 Å². The summed E-state index contributed by atoms with van der Waals surface area (Å²) in [6, 6.07) is 7.85. The van der Waals surface area contributed by atoms with Gasteiger partial charge in [-0.2, -0.15) is 0 Å². The smallest absolute Gasteiger partial charge is 0.251 e. The Hall–Kier alpha value is -1.55. The van der Waals surface area contributed by atoms with Crippen LogP contribution in [0.5, 0.6) is 5.75 Å². The van der Waals surface area contributed by atoms with Crippen LogP contribution in [-0.2, 0) is 0 Å². The minimum Gasteiger partial charge on any atom is -0.493 e. The maximum Gasteiger partial charge on any atom is 0.251 e. The van der Waals surface area contributed by atoms with Gasteiger partial charge in [0.15, 0.2) is 0 Å². The highest BCUT2D eigenvalue weighted by atomic mass is 16.5. The summed E-state index contributed by atoms with van der Waals surface area (Å²) >= 11 is 0. The first-order valence-electron chi connectivity index (χ1n) is 9.47. The second-order valence-electron chi connectivity index (χ2n) is 7.39. The molecule has 2 fully saturated rings. The molecule has 0 aromatic heterocycles. The summed E-state index contributed by atoms with van der Waals surface area (Å²) in [7, 11) is 0. The van der Waals surface area contributed by atoms with Crippen molar-refractivity contribution in [2.45, 2.75) is 51.5 Å². The van der Waals surface area contributed by atoms with Gasteiger partial charge < -0.3 is 15.4 Å². The number of amides is 1. The average Bonchev–Trinajstić information content (AvgIpc) is 2.63. The molecule has 1 saturated carbocycles. The molecule has 2 atom stereocenters. The van der Waals surface area contributed by atoms with Crippen molar-refractivity contribution in [1.82, 2.24) is 10.6 Å². The number of carbonyl (C=O) groups is 1. The molecule has 1 aromatic carbocycles. The third kappa shape index (κ3) is 4.73. The predicted octanol–water partition coefficient (Wildman–Crippen LogP) is 3.37. The molecule has 0 bridgehead atoms. The van der Waals surface area contributed by atoms with E-state index < -0.39 is 0 Å². The molecule has 4 heteroatoms. The van der Waals surface area contributed by atoms with Crippen molar-refractivity contribution in [2.75, 3.05) is 19.7 Å². The average molecular weight is 330 g/mol. The zero-order chi connectivity index (χ0) is 16.8. The summed E-state index contributed by atoms with van der Waals surface area (Å²) in [6.45, 7) is 4.93. The number of hydrogen-bond donors (Lipinski definition) is 2. The Kier molecular flexibility index (Phi) is 6.13.